The average Bonchev–Trinajstić information content (AvgIpc) is 3.25. The van der Waals surface area contributed by atoms with E-state index in [0.717, 1.165) is 16.1 Å². The van der Waals surface area contributed by atoms with Gasteiger partial charge in [0, 0.05) is 37.8 Å². The lowest BCUT2D eigenvalue weighted by Crippen LogP contribution is -2.29. The highest BCUT2D eigenvalue weighted by Crippen LogP contribution is 2.23. The first kappa shape index (κ1) is 16.4. The summed E-state index contributed by atoms with van der Waals surface area (Å²) in [6.45, 7) is 0.388. The van der Waals surface area contributed by atoms with Gasteiger partial charge in [0.2, 0.25) is 0 Å². The highest BCUT2D eigenvalue weighted by atomic mass is 32.1. The SMILES string of the molecule is CO[C@@H](CNC(=O)c1csc(-c2cnn(C)c2)n1)c1ccccc1. The predicted octanol–water partition coefficient (Wildman–Crippen LogP) is 2.66. The van der Waals surface area contributed by atoms with Crippen molar-refractivity contribution in [3.8, 4) is 10.6 Å². The van der Waals surface area contributed by atoms with Gasteiger partial charge in [0.1, 0.15) is 10.7 Å². The molecule has 0 aliphatic rings. The van der Waals surface area contributed by atoms with Crippen LogP contribution in [0.15, 0.2) is 48.1 Å². The number of aromatic nitrogens is 3. The lowest BCUT2D eigenvalue weighted by molar-refractivity contribution is 0.0825. The molecule has 0 aliphatic carbocycles. The molecular weight excluding hydrogens is 324 g/mol. The summed E-state index contributed by atoms with van der Waals surface area (Å²) in [5.41, 5.74) is 2.33. The monoisotopic (exact) mass is 342 g/mol. The highest BCUT2D eigenvalue weighted by Gasteiger charge is 2.15. The van der Waals surface area contributed by atoms with E-state index < -0.39 is 0 Å². The van der Waals surface area contributed by atoms with Gasteiger partial charge in [-0.25, -0.2) is 4.98 Å². The molecule has 0 fully saturated rings. The molecule has 0 aliphatic heterocycles. The van der Waals surface area contributed by atoms with Crippen molar-refractivity contribution < 1.29 is 9.53 Å². The van der Waals surface area contributed by atoms with Crippen molar-refractivity contribution in [2.75, 3.05) is 13.7 Å². The van der Waals surface area contributed by atoms with Gasteiger partial charge in [0.05, 0.1) is 12.3 Å². The number of ether oxygens (including phenoxy) is 1. The minimum absolute atomic E-state index is 0.188. The number of methoxy groups -OCH3 is 1. The van der Waals surface area contributed by atoms with Gasteiger partial charge in [-0.2, -0.15) is 5.10 Å². The van der Waals surface area contributed by atoms with Gasteiger partial charge in [0.15, 0.2) is 0 Å². The standard InChI is InChI=1S/C17H18N4O2S/c1-21-10-13(8-19-21)17-20-14(11-24-17)16(22)18-9-15(23-2)12-6-4-3-5-7-12/h3-8,10-11,15H,9H2,1-2H3,(H,18,22)/t15-/m0/s1. The maximum atomic E-state index is 12.3. The number of hydrogen-bond acceptors (Lipinski definition) is 5. The second-order valence-corrected chi connectivity index (χ2v) is 6.14. The molecule has 0 saturated carbocycles. The molecule has 1 aromatic carbocycles. The maximum Gasteiger partial charge on any atom is 0.270 e. The lowest BCUT2D eigenvalue weighted by Gasteiger charge is -2.16. The number of hydrogen-bond donors (Lipinski definition) is 1. The largest absolute Gasteiger partial charge is 0.375 e. The van der Waals surface area contributed by atoms with Crippen LogP contribution in [-0.2, 0) is 11.8 Å². The molecule has 124 valence electrons. The summed E-state index contributed by atoms with van der Waals surface area (Å²) in [6, 6.07) is 9.80. The third-order valence-corrected chi connectivity index (χ3v) is 4.48. The number of nitrogens with zero attached hydrogens (tertiary/aromatic N) is 3. The Morgan fingerprint density at radius 1 is 1.38 bits per heavy atom. The highest BCUT2D eigenvalue weighted by molar-refractivity contribution is 7.13. The topological polar surface area (TPSA) is 69.0 Å². The zero-order valence-corrected chi connectivity index (χ0v) is 14.3. The fourth-order valence-corrected chi connectivity index (χ4v) is 3.10. The lowest BCUT2D eigenvalue weighted by atomic mass is 10.1. The summed E-state index contributed by atoms with van der Waals surface area (Å²) in [5.74, 6) is -0.209. The summed E-state index contributed by atoms with van der Waals surface area (Å²) < 4.78 is 7.16. The molecule has 3 aromatic rings. The van der Waals surface area contributed by atoms with E-state index in [2.05, 4.69) is 15.4 Å². The van der Waals surface area contributed by atoms with Gasteiger partial charge in [-0.1, -0.05) is 30.3 Å². The predicted molar refractivity (Wildman–Crippen MR) is 92.8 cm³/mol. The number of amides is 1. The Morgan fingerprint density at radius 3 is 2.83 bits per heavy atom. The minimum Gasteiger partial charge on any atom is -0.375 e. The van der Waals surface area contributed by atoms with Crippen molar-refractivity contribution in [3.63, 3.8) is 0 Å². The van der Waals surface area contributed by atoms with E-state index in [9.17, 15) is 4.79 Å². The molecular formula is C17H18N4O2S. The van der Waals surface area contributed by atoms with E-state index in [1.54, 1.807) is 23.4 Å². The molecule has 1 amide bonds. The second kappa shape index (κ2) is 7.37. The fourth-order valence-electron chi connectivity index (χ4n) is 2.32. The molecule has 3 rings (SSSR count). The second-order valence-electron chi connectivity index (χ2n) is 5.29. The minimum atomic E-state index is -0.209. The van der Waals surface area contributed by atoms with Gasteiger partial charge in [-0.05, 0) is 5.56 Å². The van der Waals surface area contributed by atoms with Gasteiger partial charge in [0.25, 0.3) is 5.91 Å². The van der Waals surface area contributed by atoms with Crippen LogP contribution in [0, 0.1) is 0 Å². The molecule has 1 N–H and O–H groups in total. The quantitative estimate of drug-likeness (QED) is 0.748. The molecule has 7 heteroatoms. The van der Waals surface area contributed by atoms with E-state index in [-0.39, 0.29) is 12.0 Å². The Hall–Kier alpha value is -2.51. The average molecular weight is 342 g/mol. The molecule has 6 nitrogen and oxygen atoms in total. The van der Waals surface area contributed by atoms with Gasteiger partial charge in [-0.3, -0.25) is 9.48 Å². The third-order valence-electron chi connectivity index (χ3n) is 3.59. The molecule has 24 heavy (non-hydrogen) atoms. The van der Waals surface area contributed by atoms with E-state index >= 15 is 0 Å². The number of thiazole rings is 1. The number of rotatable bonds is 6. The first-order chi connectivity index (χ1) is 11.7. The van der Waals surface area contributed by atoms with Crippen molar-refractivity contribution in [3.05, 3.63) is 59.4 Å². The summed E-state index contributed by atoms with van der Waals surface area (Å²) in [4.78, 5) is 16.7. The van der Waals surface area contributed by atoms with Gasteiger partial charge in [-0.15, -0.1) is 11.3 Å². The number of carbonyl (C=O) groups excluding carboxylic acids is 1. The van der Waals surface area contributed by atoms with Crippen LogP contribution in [0.2, 0.25) is 0 Å². The molecule has 0 radical (unpaired) electrons. The summed E-state index contributed by atoms with van der Waals surface area (Å²) in [7, 11) is 3.48. The van der Waals surface area contributed by atoms with Gasteiger partial charge < -0.3 is 10.1 Å². The van der Waals surface area contributed by atoms with Crippen LogP contribution in [0.1, 0.15) is 22.2 Å². The number of benzene rings is 1. The number of aryl methyl sites for hydroxylation is 1. The van der Waals surface area contributed by atoms with Crippen LogP contribution in [0.25, 0.3) is 10.6 Å². The Bertz CT molecular complexity index is 813. The third kappa shape index (κ3) is 3.69. The number of carbonyl (C=O) groups is 1. The summed E-state index contributed by atoms with van der Waals surface area (Å²) >= 11 is 1.42. The van der Waals surface area contributed by atoms with Crippen molar-refractivity contribution in [2.45, 2.75) is 6.10 Å². The molecule has 0 saturated heterocycles. The Kier molecular flexibility index (Phi) is 5.02. The zero-order chi connectivity index (χ0) is 16.9. The maximum absolute atomic E-state index is 12.3. The number of nitrogens with one attached hydrogen (secondary N) is 1. The summed E-state index contributed by atoms with van der Waals surface area (Å²) in [5, 5.41) is 9.52. The smallest absolute Gasteiger partial charge is 0.270 e. The van der Waals surface area contributed by atoms with E-state index in [1.807, 2.05) is 43.6 Å². The normalized spacial score (nSPS) is 12.1. The van der Waals surface area contributed by atoms with Crippen LogP contribution in [0.4, 0.5) is 0 Å². The van der Waals surface area contributed by atoms with E-state index in [0.29, 0.717) is 12.2 Å². The van der Waals surface area contributed by atoms with Crippen LogP contribution >= 0.6 is 11.3 Å². The Labute approximate surface area is 144 Å². The van der Waals surface area contributed by atoms with Gasteiger partial charge >= 0.3 is 0 Å². The Balaban J connectivity index is 1.64. The zero-order valence-electron chi connectivity index (χ0n) is 13.5. The van der Waals surface area contributed by atoms with Crippen LogP contribution in [0.5, 0.6) is 0 Å². The molecule has 0 unspecified atom stereocenters. The van der Waals surface area contributed by atoms with Crippen molar-refractivity contribution in [1.29, 1.82) is 0 Å². The molecule has 0 bridgehead atoms. The van der Waals surface area contributed by atoms with Crippen LogP contribution in [0.3, 0.4) is 0 Å². The first-order valence-corrected chi connectivity index (χ1v) is 8.36. The van der Waals surface area contributed by atoms with E-state index in [4.69, 9.17) is 4.74 Å². The van der Waals surface area contributed by atoms with Crippen LogP contribution < -0.4 is 5.32 Å². The van der Waals surface area contributed by atoms with Crippen molar-refractivity contribution in [2.24, 2.45) is 7.05 Å². The molecule has 2 heterocycles. The molecule has 0 spiro atoms. The van der Waals surface area contributed by atoms with Crippen molar-refractivity contribution >= 4 is 17.2 Å². The molecule has 1 atom stereocenters. The molecule has 2 aromatic heterocycles. The first-order valence-electron chi connectivity index (χ1n) is 7.48. The fraction of sp³-hybridized carbons (Fsp3) is 0.235. The summed E-state index contributed by atoms with van der Waals surface area (Å²) in [6.07, 6.45) is 3.42. The van der Waals surface area contributed by atoms with Crippen LogP contribution in [-0.4, -0.2) is 34.3 Å². The van der Waals surface area contributed by atoms with E-state index in [1.165, 1.54) is 11.3 Å². The Morgan fingerprint density at radius 2 is 2.17 bits per heavy atom. The van der Waals surface area contributed by atoms with Crippen molar-refractivity contribution in [1.82, 2.24) is 20.1 Å².